The fourth-order valence-electron chi connectivity index (χ4n) is 2.16. The van der Waals surface area contributed by atoms with Crippen LogP contribution in [0.1, 0.15) is 12.6 Å². The zero-order valence-corrected chi connectivity index (χ0v) is 10.1. The van der Waals surface area contributed by atoms with Gasteiger partial charge in [0.25, 0.3) is 0 Å². The van der Waals surface area contributed by atoms with E-state index in [1.807, 2.05) is 31.2 Å². The smallest absolute Gasteiger partial charge is 0.445 e. The molecule has 0 bridgehead atoms. The van der Waals surface area contributed by atoms with Gasteiger partial charge in [0.2, 0.25) is 0 Å². The van der Waals surface area contributed by atoms with E-state index in [2.05, 4.69) is 5.16 Å². The van der Waals surface area contributed by atoms with Crippen LogP contribution in [-0.2, 0) is 6.42 Å². The van der Waals surface area contributed by atoms with E-state index in [0.29, 0.717) is 6.42 Å². The first-order valence-electron chi connectivity index (χ1n) is 5.72. The number of rotatable bonds is 2. The molecule has 5 heteroatoms. The Labute approximate surface area is 103 Å². The summed E-state index contributed by atoms with van der Waals surface area (Å²) < 4.78 is 11.5. The lowest BCUT2D eigenvalue weighted by molar-refractivity contribution is 0.340. The van der Waals surface area contributed by atoms with Crippen molar-refractivity contribution in [3.63, 3.8) is 0 Å². The highest BCUT2D eigenvalue weighted by Gasteiger charge is 2.11. The summed E-state index contributed by atoms with van der Waals surface area (Å²) in [5.41, 5.74) is 2.36. The van der Waals surface area contributed by atoms with Crippen LogP contribution in [0, 0.1) is 0 Å². The van der Waals surface area contributed by atoms with Gasteiger partial charge < -0.3 is 4.74 Å². The molecule has 0 N–H and O–H groups in total. The maximum Gasteiger partial charge on any atom is 0.445 e. The molecule has 5 nitrogen and oxygen atoms in total. The van der Waals surface area contributed by atoms with E-state index in [0.717, 1.165) is 27.9 Å². The molecular weight excluding hydrogens is 232 g/mol. The third kappa shape index (κ3) is 1.40. The molecule has 0 aliphatic rings. The van der Waals surface area contributed by atoms with Crippen LogP contribution in [-0.4, -0.2) is 16.7 Å². The highest BCUT2D eigenvalue weighted by molar-refractivity contribution is 5.88. The Morgan fingerprint density at radius 1 is 1.33 bits per heavy atom. The summed E-state index contributed by atoms with van der Waals surface area (Å²) in [5.74, 6) is 0.288. The van der Waals surface area contributed by atoms with Gasteiger partial charge in [-0.05, 0) is 30.7 Å². The third-order valence-electron chi connectivity index (χ3n) is 3.06. The van der Waals surface area contributed by atoms with Crippen LogP contribution < -0.4 is 10.5 Å². The fourth-order valence-corrected chi connectivity index (χ4v) is 2.16. The number of aryl methyl sites for hydroxylation is 1. The molecule has 0 aliphatic heterocycles. The van der Waals surface area contributed by atoms with Gasteiger partial charge in [-0.25, -0.2) is 9.20 Å². The second-order valence-corrected chi connectivity index (χ2v) is 4.04. The minimum absolute atomic E-state index is 0.470. The zero-order valence-electron chi connectivity index (χ0n) is 10.1. The number of hydrogen-bond donors (Lipinski definition) is 0. The van der Waals surface area contributed by atoms with Crippen LogP contribution in [0.4, 0.5) is 0 Å². The number of hydrogen-bond acceptors (Lipinski definition) is 4. The van der Waals surface area contributed by atoms with Gasteiger partial charge in [0, 0.05) is 5.39 Å². The van der Waals surface area contributed by atoms with Crippen LogP contribution in [0.3, 0.4) is 0 Å². The Bertz CT molecular complexity index is 786. The lowest BCUT2D eigenvalue weighted by Crippen LogP contribution is -2.13. The molecule has 0 saturated heterocycles. The molecule has 0 unspecified atom stereocenters. The summed E-state index contributed by atoms with van der Waals surface area (Å²) in [6.45, 7) is 1.97. The molecule has 0 atom stereocenters. The number of aromatic nitrogens is 2. The molecule has 0 fully saturated rings. The quantitative estimate of drug-likeness (QED) is 0.692. The molecule has 0 aliphatic carbocycles. The molecule has 92 valence electrons. The highest BCUT2D eigenvalue weighted by Crippen LogP contribution is 2.24. The van der Waals surface area contributed by atoms with Crippen LogP contribution in [0.25, 0.3) is 16.4 Å². The van der Waals surface area contributed by atoms with E-state index in [-0.39, 0.29) is 0 Å². The van der Waals surface area contributed by atoms with Crippen molar-refractivity contribution in [1.82, 2.24) is 9.56 Å². The average molecular weight is 244 g/mol. The van der Waals surface area contributed by atoms with Gasteiger partial charge >= 0.3 is 5.76 Å². The van der Waals surface area contributed by atoms with E-state index in [1.54, 1.807) is 11.5 Å². The minimum Gasteiger partial charge on any atom is -0.497 e. The van der Waals surface area contributed by atoms with E-state index < -0.39 is 5.76 Å². The summed E-state index contributed by atoms with van der Waals surface area (Å²) in [6, 6.07) is 7.49. The summed E-state index contributed by atoms with van der Waals surface area (Å²) >= 11 is 0. The predicted molar refractivity (Wildman–Crippen MR) is 67.2 cm³/mol. The molecule has 1 aromatic carbocycles. The van der Waals surface area contributed by atoms with E-state index in [9.17, 15) is 4.79 Å². The Balaban J connectivity index is 2.49. The Hall–Kier alpha value is -2.30. The van der Waals surface area contributed by atoms with Gasteiger partial charge in [-0.2, -0.15) is 0 Å². The van der Waals surface area contributed by atoms with Gasteiger partial charge in [0.15, 0.2) is 0 Å². The predicted octanol–water partition coefficient (Wildman–Crippen LogP) is 2.01. The molecule has 18 heavy (non-hydrogen) atoms. The van der Waals surface area contributed by atoms with E-state index in [4.69, 9.17) is 9.26 Å². The fraction of sp³-hybridized carbons (Fsp3) is 0.231. The lowest BCUT2D eigenvalue weighted by Gasteiger charge is -1.99. The maximum absolute atomic E-state index is 11.8. The number of benzene rings is 1. The molecular formula is C13H12N2O3. The van der Waals surface area contributed by atoms with E-state index in [1.165, 1.54) is 0 Å². The second kappa shape index (κ2) is 3.87. The molecule has 3 rings (SSSR count). The van der Waals surface area contributed by atoms with E-state index >= 15 is 0 Å². The van der Waals surface area contributed by atoms with Crippen LogP contribution in [0.2, 0.25) is 0 Å². The van der Waals surface area contributed by atoms with Gasteiger partial charge in [0.1, 0.15) is 11.4 Å². The normalized spacial score (nSPS) is 11.2. The average Bonchev–Trinajstić information content (AvgIpc) is 2.78. The van der Waals surface area contributed by atoms with Crippen LogP contribution >= 0.6 is 0 Å². The van der Waals surface area contributed by atoms with Crippen molar-refractivity contribution >= 4 is 16.4 Å². The summed E-state index contributed by atoms with van der Waals surface area (Å²) in [7, 11) is 1.62. The zero-order chi connectivity index (χ0) is 12.7. The number of methoxy groups -OCH3 is 1. The number of ether oxygens (including phenoxy) is 1. The molecule has 0 radical (unpaired) electrons. The summed E-state index contributed by atoms with van der Waals surface area (Å²) in [5, 5.41) is 4.76. The minimum atomic E-state index is -0.470. The lowest BCUT2D eigenvalue weighted by atomic mass is 10.2. The van der Waals surface area contributed by atoms with Crippen LogP contribution in [0.15, 0.2) is 33.6 Å². The summed E-state index contributed by atoms with van der Waals surface area (Å²) in [6.07, 6.45) is 0.709. The van der Waals surface area contributed by atoms with Crippen molar-refractivity contribution in [3.8, 4) is 5.75 Å². The van der Waals surface area contributed by atoms with Gasteiger partial charge in [-0.15, -0.1) is 0 Å². The van der Waals surface area contributed by atoms with Gasteiger partial charge in [-0.3, -0.25) is 4.52 Å². The Morgan fingerprint density at radius 3 is 2.89 bits per heavy atom. The molecule has 3 aromatic rings. The van der Waals surface area contributed by atoms with Gasteiger partial charge in [0.05, 0.1) is 18.1 Å². The standard InChI is InChI=1S/C13H12N2O3/c1-3-10-12-7-8-6-9(17-2)4-5-11(8)15(12)13(16)18-14-10/h4-7H,3H2,1-2H3. The van der Waals surface area contributed by atoms with Crippen molar-refractivity contribution < 1.29 is 9.26 Å². The first kappa shape index (κ1) is 10.8. The van der Waals surface area contributed by atoms with Crippen molar-refractivity contribution in [2.75, 3.05) is 7.11 Å². The number of fused-ring (bicyclic) bond motifs is 3. The largest absolute Gasteiger partial charge is 0.497 e. The first-order valence-corrected chi connectivity index (χ1v) is 5.72. The van der Waals surface area contributed by atoms with Crippen molar-refractivity contribution in [2.45, 2.75) is 13.3 Å². The monoisotopic (exact) mass is 244 g/mol. The molecule has 0 saturated carbocycles. The Morgan fingerprint density at radius 2 is 2.17 bits per heavy atom. The van der Waals surface area contributed by atoms with Crippen LogP contribution in [0.5, 0.6) is 5.75 Å². The van der Waals surface area contributed by atoms with Crippen molar-refractivity contribution in [3.05, 3.63) is 40.5 Å². The SMILES string of the molecule is CCc1noc(=O)n2c1cc1cc(OC)ccc12. The molecule has 0 spiro atoms. The molecule has 0 amide bonds. The Kier molecular flexibility index (Phi) is 2.33. The van der Waals surface area contributed by atoms with Crippen molar-refractivity contribution in [2.24, 2.45) is 0 Å². The third-order valence-corrected chi connectivity index (χ3v) is 3.06. The molecule has 2 heterocycles. The second-order valence-electron chi connectivity index (χ2n) is 4.04. The highest BCUT2D eigenvalue weighted by atomic mass is 16.5. The topological polar surface area (TPSA) is 56.7 Å². The van der Waals surface area contributed by atoms with Crippen molar-refractivity contribution in [1.29, 1.82) is 0 Å². The number of nitrogens with zero attached hydrogens (tertiary/aromatic N) is 2. The molecule has 2 aromatic heterocycles. The summed E-state index contributed by atoms with van der Waals surface area (Å²) in [4.78, 5) is 11.8. The first-order chi connectivity index (χ1) is 8.74. The maximum atomic E-state index is 11.8. The van der Waals surface area contributed by atoms with Gasteiger partial charge in [-0.1, -0.05) is 12.1 Å².